The molecule has 0 saturated heterocycles. The maximum atomic E-state index is 11.8. The molecule has 2 aliphatic rings. The van der Waals surface area contributed by atoms with Gasteiger partial charge in [-0.1, -0.05) is 18.2 Å². The molecule has 1 amide bonds. The van der Waals surface area contributed by atoms with E-state index in [0.29, 0.717) is 24.1 Å². The third-order valence-corrected chi connectivity index (χ3v) is 4.27. The second-order valence-corrected chi connectivity index (χ2v) is 5.56. The van der Waals surface area contributed by atoms with E-state index in [-0.39, 0.29) is 5.91 Å². The summed E-state index contributed by atoms with van der Waals surface area (Å²) in [7, 11) is 0. The van der Waals surface area contributed by atoms with Crippen LogP contribution in [0, 0.1) is 11.8 Å². The molecule has 2 N–H and O–H groups in total. The molecule has 3 heteroatoms. The molecule has 0 aliphatic heterocycles. The Bertz CT molecular complexity index is 532. The molecular weight excluding hydrogens is 248 g/mol. The van der Waals surface area contributed by atoms with E-state index in [2.05, 4.69) is 29.4 Å². The smallest absolute Gasteiger partial charge is 0.251 e. The summed E-state index contributed by atoms with van der Waals surface area (Å²) >= 11 is 0. The summed E-state index contributed by atoms with van der Waals surface area (Å²) in [5, 5.41) is 6.33. The van der Waals surface area contributed by atoms with Gasteiger partial charge in [-0.25, -0.2) is 0 Å². The Hall–Kier alpha value is -2.03. The van der Waals surface area contributed by atoms with Crippen LogP contribution in [0.15, 0.2) is 49.1 Å². The zero-order valence-electron chi connectivity index (χ0n) is 11.5. The highest BCUT2D eigenvalue weighted by Gasteiger charge is 2.40. The largest absolute Gasteiger partial charge is 0.382 e. The number of hydrogen-bond donors (Lipinski definition) is 2. The van der Waals surface area contributed by atoms with Gasteiger partial charge in [0, 0.05) is 29.8 Å². The molecule has 3 unspecified atom stereocenters. The molecule has 3 rings (SSSR count). The lowest BCUT2D eigenvalue weighted by Crippen LogP contribution is -2.43. The van der Waals surface area contributed by atoms with Crippen molar-refractivity contribution >= 4 is 11.6 Å². The van der Waals surface area contributed by atoms with Crippen LogP contribution >= 0.6 is 0 Å². The number of nitrogens with one attached hydrogen (secondary N) is 2. The molecule has 0 heterocycles. The lowest BCUT2D eigenvalue weighted by Gasteiger charge is -2.41. The number of amides is 1. The van der Waals surface area contributed by atoms with Crippen LogP contribution in [0.5, 0.6) is 0 Å². The van der Waals surface area contributed by atoms with Gasteiger partial charge in [0.05, 0.1) is 0 Å². The predicted octanol–water partition coefficient (Wildman–Crippen LogP) is 2.98. The second kappa shape index (κ2) is 5.53. The van der Waals surface area contributed by atoms with Gasteiger partial charge in [0.15, 0.2) is 0 Å². The van der Waals surface area contributed by atoms with Crippen LogP contribution in [0.25, 0.3) is 0 Å². The summed E-state index contributed by atoms with van der Waals surface area (Å²) in [5.41, 5.74) is 1.78. The van der Waals surface area contributed by atoms with Crippen molar-refractivity contribution in [3.8, 4) is 0 Å². The van der Waals surface area contributed by atoms with Crippen LogP contribution in [-0.2, 0) is 0 Å². The number of hydrogen-bond acceptors (Lipinski definition) is 2. The van der Waals surface area contributed by atoms with Gasteiger partial charge in [0.25, 0.3) is 5.91 Å². The molecule has 104 valence electrons. The van der Waals surface area contributed by atoms with Crippen molar-refractivity contribution < 1.29 is 4.79 Å². The fourth-order valence-electron chi connectivity index (χ4n) is 3.08. The summed E-state index contributed by atoms with van der Waals surface area (Å²) in [4.78, 5) is 11.8. The fraction of sp³-hybridized carbons (Fsp3) is 0.353. The average molecular weight is 268 g/mol. The van der Waals surface area contributed by atoms with Crippen LogP contribution in [0.4, 0.5) is 5.69 Å². The van der Waals surface area contributed by atoms with Crippen molar-refractivity contribution in [1.29, 1.82) is 0 Å². The highest BCUT2D eigenvalue weighted by Crippen LogP contribution is 2.43. The molecule has 1 aromatic rings. The molecule has 0 spiro atoms. The zero-order valence-corrected chi connectivity index (χ0v) is 11.5. The Balaban J connectivity index is 1.57. The number of allylic oxidation sites excluding steroid dienone is 1. The first-order valence-electron chi connectivity index (χ1n) is 7.20. The number of benzene rings is 1. The van der Waals surface area contributed by atoms with Crippen LogP contribution in [0.1, 0.15) is 23.2 Å². The molecule has 1 saturated carbocycles. The van der Waals surface area contributed by atoms with Gasteiger partial charge in [0.2, 0.25) is 0 Å². The quantitative estimate of drug-likeness (QED) is 0.806. The molecule has 0 aromatic heterocycles. The molecule has 1 aromatic carbocycles. The zero-order chi connectivity index (χ0) is 13.9. The number of carbonyl (C=O) groups excluding carboxylic acids is 1. The minimum Gasteiger partial charge on any atom is -0.382 e. The predicted molar refractivity (Wildman–Crippen MR) is 81.7 cm³/mol. The first-order valence-corrected chi connectivity index (χ1v) is 7.20. The molecule has 1 fully saturated rings. The van der Waals surface area contributed by atoms with Gasteiger partial charge < -0.3 is 10.6 Å². The first kappa shape index (κ1) is 13.0. The van der Waals surface area contributed by atoms with Gasteiger partial charge in [0.1, 0.15) is 0 Å². The van der Waals surface area contributed by atoms with Crippen molar-refractivity contribution in [2.45, 2.75) is 18.9 Å². The van der Waals surface area contributed by atoms with E-state index < -0.39 is 0 Å². The second-order valence-electron chi connectivity index (χ2n) is 5.56. The third-order valence-electron chi connectivity index (χ3n) is 4.27. The van der Waals surface area contributed by atoms with Crippen LogP contribution in [-0.4, -0.2) is 18.5 Å². The standard InChI is InChI=1S/C17H20N2O/c1-2-10-18-17(20)12-6-8-14(9-7-12)19-16-11-13-4-3-5-15(13)16/h2-3,5-9,13,15-16,19H,1,4,10-11H2,(H,18,20). The highest BCUT2D eigenvalue weighted by atomic mass is 16.1. The third kappa shape index (κ3) is 2.48. The van der Waals surface area contributed by atoms with Crippen LogP contribution in [0.3, 0.4) is 0 Å². The minimum absolute atomic E-state index is 0.0566. The van der Waals surface area contributed by atoms with Crippen LogP contribution < -0.4 is 10.6 Å². The van der Waals surface area contributed by atoms with Crippen molar-refractivity contribution in [2.75, 3.05) is 11.9 Å². The summed E-state index contributed by atoms with van der Waals surface area (Å²) in [6.45, 7) is 4.08. The molecule has 0 bridgehead atoms. The molecule has 3 nitrogen and oxygen atoms in total. The van der Waals surface area contributed by atoms with E-state index in [0.717, 1.165) is 11.6 Å². The Labute approximate surface area is 119 Å². The van der Waals surface area contributed by atoms with E-state index in [4.69, 9.17) is 0 Å². The molecule has 0 radical (unpaired) electrons. The Kier molecular flexibility index (Phi) is 3.59. The van der Waals surface area contributed by atoms with E-state index in [1.807, 2.05) is 24.3 Å². The topological polar surface area (TPSA) is 41.1 Å². The molecule has 2 aliphatic carbocycles. The lowest BCUT2D eigenvalue weighted by atomic mass is 9.71. The van der Waals surface area contributed by atoms with Crippen molar-refractivity contribution in [3.63, 3.8) is 0 Å². The summed E-state index contributed by atoms with van der Waals surface area (Å²) in [6, 6.07) is 8.24. The van der Waals surface area contributed by atoms with Gasteiger partial charge >= 0.3 is 0 Å². The van der Waals surface area contributed by atoms with Gasteiger partial charge in [-0.2, -0.15) is 0 Å². The maximum Gasteiger partial charge on any atom is 0.251 e. The van der Waals surface area contributed by atoms with Gasteiger partial charge in [-0.05, 0) is 43.0 Å². The van der Waals surface area contributed by atoms with Gasteiger partial charge in [-0.3, -0.25) is 4.79 Å². The van der Waals surface area contributed by atoms with E-state index in [9.17, 15) is 4.79 Å². The van der Waals surface area contributed by atoms with E-state index >= 15 is 0 Å². The van der Waals surface area contributed by atoms with Crippen molar-refractivity contribution in [3.05, 3.63) is 54.6 Å². The maximum absolute atomic E-state index is 11.8. The molecule has 20 heavy (non-hydrogen) atoms. The number of anilines is 1. The monoisotopic (exact) mass is 268 g/mol. The Morgan fingerprint density at radius 2 is 2.15 bits per heavy atom. The molecular formula is C17H20N2O. The number of carbonyl (C=O) groups is 1. The summed E-state index contributed by atoms with van der Waals surface area (Å²) in [6.07, 6.45) is 8.80. The van der Waals surface area contributed by atoms with E-state index in [1.165, 1.54) is 12.8 Å². The molecule has 3 atom stereocenters. The highest BCUT2D eigenvalue weighted by molar-refractivity contribution is 5.94. The SMILES string of the molecule is C=CCNC(=O)c1ccc(NC2CC3CC=CC32)cc1. The minimum atomic E-state index is -0.0566. The lowest BCUT2D eigenvalue weighted by molar-refractivity contribution is 0.0958. The Morgan fingerprint density at radius 1 is 1.35 bits per heavy atom. The fourth-order valence-corrected chi connectivity index (χ4v) is 3.08. The first-order chi connectivity index (χ1) is 9.78. The number of fused-ring (bicyclic) bond motifs is 1. The summed E-state index contributed by atoms with van der Waals surface area (Å²) in [5.74, 6) is 1.50. The van der Waals surface area contributed by atoms with Crippen molar-refractivity contribution in [1.82, 2.24) is 5.32 Å². The van der Waals surface area contributed by atoms with Crippen LogP contribution in [0.2, 0.25) is 0 Å². The van der Waals surface area contributed by atoms with Gasteiger partial charge in [-0.15, -0.1) is 6.58 Å². The van der Waals surface area contributed by atoms with Crippen molar-refractivity contribution in [2.24, 2.45) is 11.8 Å². The summed E-state index contributed by atoms with van der Waals surface area (Å²) < 4.78 is 0. The normalized spacial score (nSPS) is 26.5. The Morgan fingerprint density at radius 3 is 2.85 bits per heavy atom. The number of rotatable bonds is 5. The average Bonchev–Trinajstić information content (AvgIpc) is 2.84. The van der Waals surface area contributed by atoms with E-state index in [1.54, 1.807) is 6.08 Å².